The lowest BCUT2D eigenvalue weighted by Gasteiger charge is -2.18. The molecule has 2 aromatic carbocycles. The molecule has 1 fully saturated rings. The first-order valence-electron chi connectivity index (χ1n) is 9.52. The third-order valence-corrected chi connectivity index (χ3v) is 5.38. The number of hydrogen-bond donors (Lipinski definition) is 0. The summed E-state index contributed by atoms with van der Waals surface area (Å²) in [6, 6.07) is 17.1. The van der Waals surface area contributed by atoms with E-state index in [-0.39, 0.29) is 18.5 Å². The number of carbonyl (C=O) groups excluding carboxylic acids is 1. The standard InChI is InChI=1S/C21H19N5O3/c27-19(13-25-17-8-4-5-9-18(17)29-21(25)28)24-11-10-16(12-24)26-14-22-23-20(26)15-6-2-1-3-7-15/h1-9,14,16H,10-13H2. The zero-order valence-electron chi connectivity index (χ0n) is 15.6. The van der Waals surface area contributed by atoms with Crippen molar-refractivity contribution in [2.75, 3.05) is 13.1 Å². The molecule has 0 radical (unpaired) electrons. The average Bonchev–Trinajstić information content (AvgIpc) is 3.47. The largest absolute Gasteiger partial charge is 0.420 e. The number of fused-ring (bicyclic) bond motifs is 1. The van der Waals surface area contributed by atoms with Gasteiger partial charge in [0.2, 0.25) is 5.91 Å². The Bertz CT molecular complexity index is 1220. The van der Waals surface area contributed by atoms with E-state index in [9.17, 15) is 9.59 Å². The lowest BCUT2D eigenvalue weighted by Crippen LogP contribution is -2.34. The van der Waals surface area contributed by atoms with Crippen molar-refractivity contribution in [3.63, 3.8) is 0 Å². The van der Waals surface area contributed by atoms with Crippen molar-refractivity contribution < 1.29 is 9.21 Å². The molecule has 1 aliphatic heterocycles. The molecule has 5 rings (SSSR count). The predicted octanol–water partition coefficient (Wildman–Crippen LogP) is 2.33. The first-order chi connectivity index (χ1) is 14.2. The van der Waals surface area contributed by atoms with Crippen LogP contribution in [0.25, 0.3) is 22.5 Å². The second-order valence-electron chi connectivity index (χ2n) is 7.13. The molecular weight excluding hydrogens is 370 g/mol. The molecule has 8 nitrogen and oxygen atoms in total. The normalized spacial score (nSPS) is 16.6. The summed E-state index contributed by atoms with van der Waals surface area (Å²) in [5.74, 6) is 0.179. The van der Waals surface area contributed by atoms with Crippen molar-refractivity contribution in [1.29, 1.82) is 0 Å². The van der Waals surface area contributed by atoms with Crippen LogP contribution in [0.15, 0.2) is 70.1 Å². The molecule has 1 unspecified atom stereocenters. The minimum absolute atomic E-state index is 0.0315. The third-order valence-electron chi connectivity index (χ3n) is 5.38. The average molecular weight is 389 g/mol. The highest BCUT2D eigenvalue weighted by molar-refractivity contribution is 5.79. The maximum Gasteiger partial charge on any atom is 0.420 e. The quantitative estimate of drug-likeness (QED) is 0.535. The van der Waals surface area contributed by atoms with Crippen LogP contribution in [0, 0.1) is 0 Å². The highest BCUT2D eigenvalue weighted by Gasteiger charge is 2.29. The van der Waals surface area contributed by atoms with Gasteiger partial charge in [-0.15, -0.1) is 10.2 Å². The highest BCUT2D eigenvalue weighted by Crippen LogP contribution is 2.27. The molecule has 1 atom stereocenters. The second kappa shape index (κ2) is 7.05. The molecule has 29 heavy (non-hydrogen) atoms. The van der Waals surface area contributed by atoms with Crippen LogP contribution >= 0.6 is 0 Å². The van der Waals surface area contributed by atoms with Crippen molar-refractivity contribution in [3.05, 3.63) is 71.5 Å². The number of benzene rings is 2. The summed E-state index contributed by atoms with van der Waals surface area (Å²) >= 11 is 0. The number of para-hydroxylation sites is 2. The van der Waals surface area contributed by atoms with Crippen LogP contribution in [0.5, 0.6) is 0 Å². The van der Waals surface area contributed by atoms with E-state index in [2.05, 4.69) is 10.2 Å². The Morgan fingerprint density at radius 3 is 2.76 bits per heavy atom. The van der Waals surface area contributed by atoms with Gasteiger partial charge < -0.3 is 13.9 Å². The Kier molecular flexibility index (Phi) is 4.23. The number of carbonyl (C=O) groups is 1. The van der Waals surface area contributed by atoms with Crippen LogP contribution in [-0.2, 0) is 11.3 Å². The van der Waals surface area contributed by atoms with Gasteiger partial charge in [0.15, 0.2) is 11.4 Å². The Morgan fingerprint density at radius 2 is 1.90 bits per heavy atom. The minimum atomic E-state index is -0.513. The summed E-state index contributed by atoms with van der Waals surface area (Å²) in [4.78, 5) is 26.8. The fraction of sp³-hybridized carbons (Fsp3) is 0.238. The van der Waals surface area contributed by atoms with Crippen molar-refractivity contribution >= 4 is 17.0 Å². The van der Waals surface area contributed by atoms with E-state index in [1.807, 2.05) is 41.0 Å². The number of nitrogens with zero attached hydrogens (tertiary/aromatic N) is 5. The Labute approximate surface area is 166 Å². The molecular formula is C21H19N5O3. The van der Waals surface area contributed by atoms with Crippen molar-refractivity contribution in [2.45, 2.75) is 19.0 Å². The zero-order chi connectivity index (χ0) is 19.8. The van der Waals surface area contributed by atoms with Gasteiger partial charge in [0.05, 0.1) is 11.6 Å². The third kappa shape index (κ3) is 3.12. The highest BCUT2D eigenvalue weighted by atomic mass is 16.4. The van der Waals surface area contributed by atoms with E-state index in [0.29, 0.717) is 24.2 Å². The molecule has 0 bridgehead atoms. The van der Waals surface area contributed by atoms with Gasteiger partial charge in [-0.2, -0.15) is 0 Å². The lowest BCUT2D eigenvalue weighted by molar-refractivity contribution is -0.130. The number of likely N-dealkylation sites (tertiary alicyclic amines) is 1. The van der Waals surface area contributed by atoms with Crippen molar-refractivity contribution in [3.8, 4) is 11.4 Å². The van der Waals surface area contributed by atoms with Gasteiger partial charge in [-0.1, -0.05) is 42.5 Å². The summed E-state index contributed by atoms with van der Waals surface area (Å²) < 4.78 is 8.64. The number of amides is 1. The maximum absolute atomic E-state index is 12.9. The first kappa shape index (κ1) is 17.4. The summed E-state index contributed by atoms with van der Waals surface area (Å²) in [5, 5.41) is 8.33. The zero-order valence-corrected chi connectivity index (χ0v) is 15.6. The molecule has 0 saturated carbocycles. The van der Waals surface area contributed by atoms with E-state index < -0.39 is 5.76 Å². The van der Waals surface area contributed by atoms with E-state index in [0.717, 1.165) is 17.8 Å². The molecule has 0 N–H and O–H groups in total. The lowest BCUT2D eigenvalue weighted by atomic mass is 10.2. The van der Waals surface area contributed by atoms with Crippen LogP contribution in [0.2, 0.25) is 0 Å². The Morgan fingerprint density at radius 1 is 1.10 bits per heavy atom. The Balaban J connectivity index is 1.34. The van der Waals surface area contributed by atoms with Crippen LogP contribution in [-0.4, -0.2) is 43.2 Å². The first-order valence-corrected chi connectivity index (χ1v) is 9.52. The van der Waals surface area contributed by atoms with Gasteiger partial charge in [0, 0.05) is 18.7 Å². The summed E-state index contributed by atoms with van der Waals surface area (Å²) in [7, 11) is 0. The number of aromatic nitrogens is 4. The molecule has 0 aliphatic carbocycles. The Hall–Kier alpha value is -3.68. The molecule has 8 heteroatoms. The van der Waals surface area contributed by atoms with E-state index in [4.69, 9.17) is 4.42 Å². The molecule has 3 heterocycles. The molecule has 4 aromatic rings. The number of oxazole rings is 1. The molecule has 1 aliphatic rings. The van der Waals surface area contributed by atoms with Crippen LogP contribution in [0.1, 0.15) is 12.5 Å². The number of hydrogen-bond acceptors (Lipinski definition) is 5. The van der Waals surface area contributed by atoms with Gasteiger partial charge in [-0.05, 0) is 18.6 Å². The van der Waals surface area contributed by atoms with Gasteiger partial charge in [0.1, 0.15) is 12.9 Å². The monoisotopic (exact) mass is 389 g/mol. The van der Waals surface area contributed by atoms with E-state index in [1.165, 1.54) is 4.57 Å². The maximum atomic E-state index is 12.9. The summed E-state index contributed by atoms with van der Waals surface area (Å²) in [6.07, 6.45) is 2.53. The predicted molar refractivity (Wildman–Crippen MR) is 106 cm³/mol. The van der Waals surface area contributed by atoms with E-state index in [1.54, 1.807) is 29.4 Å². The van der Waals surface area contributed by atoms with E-state index >= 15 is 0 Å². The molecule has 1 saturated heterocycles. The van der Waals surface area contributed by atoms with Gasteiger partial charge in [-0.3, -0.25) is 9.36 Å². The SMILES string of the molecule is O=C(Cn1c(=O)oc2ccccc21)N1CCC(n2cnnc2-c2ccccc2)C1. The summed E-state index contributed by atoms with van der Waals surface area (Å²) in [6.45, 7) is 1.15. The number of rotatable bonds is 4. The molecule has 146 valence electrons. The van der Waals surface area contributed by atoms with Crippen molar-refractivity contribution in [1.82, 2.24) is 24.2 Å². The van der Waals surface area contributed by atoms with Gasteiger partial charge >= 0.3 is 5.76 Å². The van der Waals surface area contributed by atoms with Gasteiger partial charge in [0.25, 0.3) is 0 Å². The fourth-order valence-corrected chi connectivity index (χ4v) is 3.90. The van der Waals surface area contributed by atoms with Gasteiger partial charge in [-0.25, -0.2) is 4.79 Å². The smallest absolute Gasteiger partial charge is 0.408 e. The minimum Gasteiger partial charge on any atom is -0.408 e. The summed E-state index contributed by atoms with van der Waals surface area (Å²) in [5.41, 5.74) is 2.11. The van der Waals surface area contributed by atoms with Crippen LogP contribution in [0.3, 0.4) is 0 Å². The fourth-order valence-electron chi connectivity index (χ4n) is 3.90. The van der Waals surface area contributed by atoms with Crippen LogP contribution in [0.4, 0.5) is 0 Å². The van der Waals surface area contributed by atoms with Crippen LogP contribution < -0.4 is 5.76 Å². The molecule has 0 spiro atoms. The topological polar surface area (TPSA) is 86.2 Å². The molecule has 1 amide bonds. The van der Waals surface area contributed by atoms with Crippen molar-refractivity contribution in [2.24, 2.45) is 0 Å². The second-order valence-corrected chi connectivity index (χ2v) is 7.13. The molecule has 2 aromatic heterocycles.